The number of aromatic carboxylic acids is 1. The summed E-state index contributed by atoms with van der Waals surface area (Å²) in [5.41, 5.74) is 8.88. The predicted molar refractivity (Wildman–Crippen MR) is 187 cm³/mol. The number of carboxylic acids is 1. The number of nitrogens with zero attached hydrogens (tertiary/aromatic N) is 3. The first-order chi connectivity index (χ1) is 24.4. The van der Waals surface area contributed by atoms with E-state index in [9.17, 15) is 28.7 Å². The molecule has 11 nitrogen and oxygen atoms in total. The van der Waals surface area contributed by atoms with E-state index in [1.54, 1.807) is 42.2 Å². The van der Waals surface area contributed by atoms with Crippen molar-refractivity contribution in [2.24, 2.45) is 11.6 Å². The molecular weight excluding hydrogens is 658 g/mol. The van der Waals surface area contributed by atoms with Crippen LogP contribution in [0.3, 0.4) is 0 Å². The van der Waals surface area contributed by atoms with Crippen LogP contribution in [0, 0.1) is 18.6 Å². The Balaban J connectivity index is 1.38. The molecule has 3 amide bonds. The highest BCUT2D eigenvalue weighted by Crippen LogP contribution is 2.38. The number of amides is 3. The number of nitrogens with two attached hydrogens (primary N) is 2. The van der Waals surface area contributed by atoms with E-state index < -0.39 is 35.5 Å². The minimum Gasteiger partial charge on any atom is -0.478 e. The lowest BCUT2D eigenvalue weighted by atomic mass is 9.85. The van der Waals surface area contributed by atoms with Gasteiger partial charge in [-0.1, -0.05) is 36.4 Å². The summed E-state index contributed by atoms with van der Waals surface area (Å²) >= 11 is 0. The minimum absolute atomic E-state index is 0.0136. The van der Waals surface area contributed by atoms with Crippen LogP contribution in [0.4, 0.5) is 20.2 Å². The van der Waals surface area contributed by atoms with Gasteiger partial charge >= 0.3 is 5.97 Å². The van der Waals surface area contributed by atoms with Crippen LogP contribution in [0.15, 0.2) is 90.8 Å². The largest absolute Gasteiger partial charge is 0.478 e. The van der Waals surface area contributed by atoms with E-state index in [0.29, 0.717) is 40.9 Å². The van der Waals surface area contributed by atoms with Crippen LogP contribution in [0.25, 0.3) is 11.1 Å². The summed E-state index contributed by atoms with van der Waals surface area (Å²) < 4.78 is 29.8. The summed E-state index contributed by atoms with van der Waals surface area (Å²) in [6, 6.07) is 18.5. The van der Waals surface area contributed by atoms with Gasteiger partial charge in [-0.25, -0.2) is 19.4 Å². The molecule has 1 unspecified atom stereocenters. The number of hydrogen-bond acceptors (Lipinski definition) is 7. The summed E-state index contributed by atoms with van der Waals surface area (Å²) in [7, 11) is 0. The molecule has 13 heteroatoms. The number of carbonyl (C=O) groups is 4. The number of rotatable bonds is 8. The van der Waals surface area contributed by atoms with Crippen molar-refractivity contribution in [3.63, 3.8) is 0 Å². The molecule has 0 radical (unpaired) electrons. The van der Waals surface area contributed by atoms with Crippen molar-refractivity contribution in [3.05, 3.63) is 130 Å². The number of halogens is 2. The van der Waals surface area contributed by atoms with Crippen LogP contribution >= 0.6 is 0 Å². The molecule has 2 aliphatic heterocycles. The van der Waals surface area contributed by atoms with Crippen molar-refractivity contribution in [2.45, 2.75) is 32.2 Å². The summed E-state index contributed by atoms with van der Waals surface area (Å²) in [6.07, 6.45) is 3.07. The van der Waals surface area contributed by atoms with Gasteiger partial charge in [0.25, 0.3) is 17.7 Å². The van der Waals surface area contributed by atoms with Gasteiger partial charge in [0.1, 0.15) is 17.6 Å². The topological polar surface area (TPSA) is 162 Å². The maximum absolute atomic E-state index is 15.0. The van der Waals surface area contributed by atoms with Crippen LogP contribution < -0.4 is 21.9 Å². The summed E-state index contributed by atoms with van der Waals surface area (Å²) in [5.74, 6) is 2.00. The Bertz CT molecular complexity index is 2060. The predicted octanol–water partition coefficient (Wildman–Crippen LogP) is 5.12. The highest BCUT2D eigenvalue weighted by atomic mass is 19.1. The van der Waals surface area contributed by atoms with Gasteiger partial charge < -0.3 is 26.0 Å². The maximum Gasteiger partial charge on any atom is 0.335 e. The highest BCUT2D eigenvalue weighted by Gasteiger charge is 2.38. The number of aryl methyl sites for hydroxylation is 1. The number of carboxylic acid groups (broad SMARTS) is 1. The molecular formula is C38H36F2N6O5. The van der Waals surface area contributed by atoms with Crippen molar-refractivity contribution in [1.29, 1.82) is 0 Å². The van der Waals surface area contributed by atoms with Crippen molar-refractivity contribution >= 4 is 35.1 Å². The summed E-state index contributed by atoms with van der Waals surface area (Å²) in [4.78, 5) is 55.6. The van der Waals surface area contributed by atoms with Gasteiger partial charge in [-0.05, 0) is 96.5 Å². The van der Waals surface area contributed by atoms with Gasteiger partial charge in [0.2, 0.25) is 0 Å². The van der Waals surface area contributed by atoms with Gasteiger partial charge in [-0.3, -0.25) is 19.4 Å². The fraction of sp³-hybridized carbons (Fsp3) is 0.211. The summed E-state index contributed by atoms with van der Waals surface area (Å²) in [5, 5.41) is 13.0. The van der Waals surface area contributed by atoms with E-state index in [4.69, 9.17) is 11.6 Å². The monoisotopic (exact) mass is 694 g/mol. The fourth-order valence-corrected chi connectivity index (χ4v) is 6.57. The molecule has 4 aromatic rings. The standard InChI is InChI=1S/C38H36F2N6O5/c1-22-6-4-9-32(33(22)40)46(42)21-31(41)37(49)45-19-16-27-26(24-12-15-30(39)29(20-24)36(48)44-17-2-3-18-44)7-5-8-28(27)34(45)35(47)43-25-13-10-23(11-14-25)38(50)51/h4-15,20-21,34H,2-3,16-19,41-42H2,1H3,(H,43,47)(H,50,51)/b31-21-. The number of carbonyl (C=O) groups excluding carboxylic acids is 3. The van der Waals surface area contributed by atoms with Crippen molar-refractivity contribution in [1.82, 2.24) is 9.80 Å². The average Bonchev–Trinajstić information content (AvgIpc) is 3.67. The fourth-order valence-electron chi connectivity index (χ4n) is 6.57. The second-order valence-corrected chi connectivity index (χ2v) is 12.5. The van der Waals surface area contributed by atoms with Crippen LogP contribution in [0.1, 0.15) is 56.3 Å². The number of benzene rings is 4. The van der Waals surface area contributed by atoms with Crippen molar-refractivity contribution in [2.75, 3.05) is 30.0 Å². The molecule has 1 saturated heterocycles. The van der Waals surface area contributed by atoms with E-state index in [1.807, 2.05) is 6.07 Å². The third kappa shape index (κ3) is 7.01. The third-order valence-corrected chi connectivity index (χ3v) is 9.21. The molecule has 4 aromatic carbocycles. The first-order valence-corrected chi connectivity index (χ1v) is 16.4. The Morgan fingerprint density at radius 2 is 1.65 bits per heavy atom. The Kier molecular flexibility index (Phi) is 9.83. The molecule has 0 saturated carbocycles. The maximum atomic E-state index is 15.0. The van der Waals surface area contributed by atoms with Crippen LogP contribution in [-0.4, -0.2) is 58.2 Å². The molecule has 1 atom stereocenters. The number of anilines is 2. The van der Waals surface area contributed by atoms with Gasteiger partial charge in [-0.15, -0.1) is 0 Å². The van der Waals surface area contributed by atoms with Gasteiger partial charge in [0.05, 0.1) is 23.0 Å². The molecule has 6 N–H and O–H groups in total. The Morgan fingerprint density at radius 1 is 0.941 bits per heavy atom. The smallest absolute Gasteiger partial charge is 0.335 e. The van der Waals surface area contributed by atoms with E-state index >= 15 is 4.39 Å². The van der Waals surface area contributed by atoms with Crippen LogP contribution in [-0.2, 0) is 16.0 Å². The van der Waals surface area contributed by atoms with E-state index in [0.717, 1.165) is 24.1 Å². The van der Waals surface area contributed by atoms with E-state index in [2.05, 4.69) is 5.32 Å². The molecule has 0 spiro atoms. The number of hydrogen-bond donors (Lipinski definition) is 4. The third-order valence-electron chi connectivity index (χ3n) is 9.21. The lowest BCUT2D eigenvalue weighted by Gasteiger charge is -2.37. The number of fused-ring (bicyclic) bond motifs is 1. The molecule has 51 heavy (non-hydrogen) atoms. The highest BCUT2D eigenvalue weighted by molar-refractivity contribution is 6.02. The molecule has 2 heterocycles. The second kappa shape index (κ2) is 14.4. The Morgan fingerprint density at radius 3 is 2.35 bits per heavy atom. The zero-order chi connectivity index (χ0) is 36.4. The molecule has 262 valence electrons. The molecule has 0 aliphatic carbocycles. The van der Waals surface area contributed by atoms with Crippen LogP contribution in [0.2, 0.25) is 0 Å². The Hall–Kier alpha value is -6.08. The first kappa shape index (κ1) is 34.8. The molecule has 0 aromatic heterocycles. The number of nitrogens with one attached hydrogen (secondary N) is 1. The SMILES string of the molecule is Cc1cccc(N(N)/C=C(\N)C(=O)N2CCc3c(-c4ccc(F)c(C(=O)N5CCCC5)c4)cccc3C2C(=O)Nc2ccc(C(=O)O)cc2)c1F. The van der Waals surface area contributed by atoms with Crippen molar-refractivity contribution in [3.8, 4) is 11.1 Å². The zero-order valence-corrected chi connectivity index (χ0v) is 27.7. The van der Waals surface area contributed by atoms with E-state index in [1.165, 1.54) is 47.4 Å². The average molecular weight is 695 g/mol. The van der Waals surface area contributed by atoms with Gasteiger partial charge in [0, 0.05) is 25.3 Å². The Labute approximate surface area is 292 Å². The van der Waals surface area contributed by atoms with Gasteiger partial charge in [-0.2, -0.15) is 0 Å². The zero-order valence-electron chi connectivity index (χ0n) is 27.7. The first-order valence-electron chi connectivity index (χ1n) is 16.4. The minimum atomic E-state index is -1.24. The van der Waals surface area contributed by atoms with Gasteiger partial charge in [0.15, 0.2) is 5.82 Å². The molecule has 0 bridgehead atoms. The lowest BCUT2D eigenvalue weighted by Crippen LogP contribution is -2.47. The summed E-state index contributed by atoms with van der Waals surface area (Å²) in [6.45, 7) is 2.71. The molecule has 6 rings (SSSR count). The van der Waals surface area contributed by atoms with Crippen LogP contribution in [0.5, 0.6) is 0 Å². The molecule has 2 aliphatic rings. The number of hydrazine groups is 1. The van der Waals surface area contributed by atoms with Crippen molar-refractivity contribution < 1.29 is 33.1 Å². The quantitative estimate of drug-likeness (QED) is 0.112. The lowest BCUT2D eigenvalue weighted by molar-refractivity contribution is -0.136. The van der Waals surface area contributed by atoms with E-state index in [-0.39, 0.29) is 47.1 Å². The number of likely N-dealkylation sites (tertiary alicyclic amines) is 1. The normalized spacial score (nSPS) is 15.7. The molecule has 1 fully saturated rings. The second-order valence-electron chi connectivity index (χ2n) is 12.5.